The van der Waals surface area contributed by atoms with E-state index in [9.17, 15) is 9.50 Å². The Morgan fingerprint density at radius 2 is 1.90 bits per heavy atom. The predicted octanol–water partition coefficient (Wildman–Crippen LogP) is 3.58. The maximum Gasteiger partial charge on any atom is 0.133 e. The molecular formula is C23H16FN5O. The summed E-state index contributed by atoms with van der Waals surface area (Å²) in [5, 5.41) is 20.7. The van der Waals surface area contributed by atoms with E-state index in [-0.39, 0.29) is 12.0 Å². The van der Waals surface area contributed by atoms with Gasteiger partial charge in [0, 0.05) is 29.9 Å². The third-order valence-corrected chi connectivity index (χ3v) is 5.64. The van der Waals surface area contributed by atoms with Gasteiger partial charge in [-0.2, -0.15) is 5.26 Å². The van der Waals surface area contributed by atoms with Crippen LogP contribution in [0.4, 0.5) is 4.39 Å². The quantitative estimate of drug-likeness (QED) is 0.571. The van der Waals surface area contributed by atoms with E-state index in [1.165, 1.54) is 12.4 Å². The van der Waals surface area contributed by atoms with Crippen molar-refractivity contribution in [3.8, 4) is 17.2 Å². The first-order chi connectivity index (χ1) is 14.6. The van der Waals surface area contributed by atoms with Crippen molar-refractivity contribution in [1.29, 1.82) is 5.26 Å². The van der Waals surface area contributed by atoms with Gasteiger partial charge in [-0.1, -0.05) is 24.3 Å². The molecule has 0 amide bonds. The molecule has 0 spiro atoms. The summed E-state index contributed by atoms with van der Waals surface area (Å²) in [5.74, 6) is -0.474. The number of nitrogens with zero attached hydrogens (tertiary/aromatic N) is 5. The summed E-state index contributed by atoms with van der Waals surface area (Å²) in [6.07, 6.45) is 8.36. The number of nitriles is 1. The van der Waals surface area contributed by atoms with Gasteiger partial charge in [-0.05, 0) is 29.3 Å². The number of rotatable bonds is 3. The first-order valence-electron chi connectivity index (χ1n) is 9.40. The largest absolute Gasteiger partial charge is 0.379 e. The van der Waals surface area contributed by atoms with Crippen molar-refractivity contribution in [2.45, 2.75) is 18.1 Å². The van der Waals surface area contributed by atoms with Crippen molar-refractivity contribution in [3.63, 3.8) is 0 Å². The monoisotopic (exact) mass is 397 g/mol. The second kappa shape index (κ2) is 6.87. The van der Waals surface area contributed by atoms with Crippen LogP contribution in [0.5, 0.6) is 0 Å². The maximum absolute atomic E-state index is 14.7. The lowest BCUT2D eigenvalue weighted by molar-refractivity contribution is 0.0793. The molecule has 1 aliphatic rings. The predicted molar refractivity (Wildman–Crippen MR) is 107 cm³/mol. The lowest BCUT2D eigenvalue weighted by atomic mass is 9.85. The zero-order chi connectivity index (χ0) is 20.7. The Bertz CT molecular complexity index is 1280. The van der Waals surface area contributed by atoms with Gasteiger partial charge < -0.3 is 9.67 Å². The normalized spacial score (nSPS) is 20.0. The maximum atomic E-state index is 14.7. The Balaban J connectivity index is 1.59. The fourth-order valence-corrected chi connectivity index (χ4v) is 4.15. The van der Waals surface area contributed by atoms with Gasteiger partial charge in [-0.3, -0.25) is 0 Å². The number of halogens is 1. The molecule has 3 heterocycles. The van der Waals surface area contributed by atoms with E-state index >= 15 is 0 Å². The number of hydrogen-bond donors (Lipinski definition) is 1. The lowest BCUT2D eigenvalue weighted by Gasteiger charge is -2.24. The Morgan fingerprint density at radius 1 is 1.07 bits per heavy atom. The summed E-state index contributed by atoms with van der Waals surface area (Å²) >= 11 is 0. The molecule has 2 aromatic carbocycles. The van der Waals surface area contributed by atoms with Gasteiger partial charge in [-0.15, -0.1) is 0 Å². The minimum Gasteiger partial charge on any atom is -0.379 e. The minimum absolute atomic E-state index is 0.252. The second-order valence-electron chi connectivity index (χ2n) is 7.32. The first kappa shape index (κ1) is 18.2. The summed E-state index contributed by atoms with van der Waals surface area (Å²) in [6.45, 7) is 0. The highest BCUT2D eigenvalue weighted by molar-refractivity contribution is 5.63. The van der Waals surface area contributed by atoms with E-state index in [0.717, 1.165) is 11.1 Å². The van der Waals surface area contributed by atoms with E-state index in [4.69, 9.17) is 5.26 Å². The smallest absolute Gasteiger partial charge is 0.133 e. The standard InChI is InChI=1S/C23H16FN5O/c24-20-6-15(9-25)4-5-19(20)21-8-23(30,22-12-28-14-29(21)22)18-3-1-2-16(7-18)17-10-26-13-27-11-17/h1-7,10-14,21,30H,8H2. The van der Waals surface area contributed by atoms with Crippen molar-refractivity contribution in [2.24, 2.45) is 0 Å². The average molecular weight is 397 g/mol. The third-order valence-electron chi connectivity index (χ3n) is 5.64. The lowest BCUT2D eigenvalue weighted by Crippen LogP contribution is -2.24. The molecule has 0 fully saturated rings. The molecule has 1 N–H and O–H groups in total. The molecule has 146 valence electrons. The van der Waals surface area contributed by atoms with Crippen LogP contribution in [0, 0.1) is 17.1 Å². The fraction of sp³-hybridized carbons (Fsp3) is 0.130. The van der Waals surface area contributed by atoms with Gasteiger partial charge >= 0.3 is 0 Å². The van der Waals surface area contributed by atoms with E-state index in [2.05, 4.69) is 15.0 Å². The SMILES string of the molecule is N#Cc1ccc(C2CC(O)(c3cccc(-c4cncnc4)c3)c3cncn32)c(F)c1. The van der Waals surface area contributed by atoms with Gasteiger partial charge in [-0.25, -0.2) is 19.3 Å². The van der Waals surface area contributed by atoms with Crippen LogP contribution in [0.3, 0.4) is 0 Å². The van der Waals surface area contributed by atoms with Crippen LogP contribution in [0.25, 0.3) is 11.1 Å². The molecule has 6 nitrogen and oxygen atoms in total. The number of aliphatic hydroxyl groups is 1. The third kappa shape index (κ3) is 2.78. The molecule has 0 radical (unpaired) electrons. The molecule has 1 aliphatic heterocycles. The number of fused-ring (bicyclic) bond motifs is 1. The Morgan fingerprint density at radius 3 is 2.67 bits per heavy atom. The van der Waals surface area contributed by atoms with Crippen LogP contribution in [0.1, 0.15) is 34.8 Å². The number of benzene rings is 2. The topological polar surface area (TPSA) is 87.6 Å². The number of imidazole rings is 1. The van der Waals surface area contributed by atoms with Crippen LogP contribution in [-0.4, -0.2) is 24.6 Å². The van der Waals surface area contributed by atoms with Crippen LogP contribution >= 0.6 is 0 Å². The molecule has 0 saturated carbocycles. The number of aromatic nitrogens is 4. The second-order valence-corrected chi connectivity index (χ2v) is 7.32. The van der Waals surface area contributed by atoms with Crippen LogP contribution < -0.4 is 0 Å². The Labute approximate surface area is 171 Å². The summed E-state index contributed by atoms with van der Waals surface area (Å²) in [5.41, 5.74) is 2.32. The highest BCUT2D eigenvalue weighted by Crippen LogP contribution is 2.47. The highest BCUT2D eigenvalue weighted by atomic mass is 19.1. The molecule has 2 atom stereocenters. The molecule has 0 saturated heterocycles. The molecule has 7 heteroatoms. The van der Waals surface area contributed by atoms with Gasteiger partial charge in [0.05, 0.1) is 35.9 Å². The van der Waals surface area contributed by atoms with Crippen LogP contribution in [-0.2, 0) is 5.60 Å². The van der Waals surface area contributed by atoms with Gasteiger partial charge in [0.1, 0.15) is 17.7 Å². The van der Waals surface area contributed by atoms with Crippen LogP contribution in [0.2, 0.25) is 0 Å². The fourth-order valence-electron chi connectivity index (χ4n) is 4.15. The van der Waals surface area contributed by atoms with Gasteiger partial charge in [0.2, 0.25) is 0 Å². The molecule has 0 bridgehead atoms. The van der Waals surface area contributed by atoms with Gasteiger partial charge in [0.25, 0.3) is 0 Å². The van der Waals surface area contributed by atoms with E-state index < -0.39 is 17.5 Å². The first-order valence-corrected chi connectivity index (χ1v) is 9.40. The molecule has 2 unspecified atom stereocenters. The summed E-state index contributed by atoms with van der Waals surface area (Å²) in [6, 6.07) is 13.5. The van der Waals surface area contributed by atoms with E-state index in [1.54, 1.807) is 41.6 Å². The summed E-state index contributed by atoms with van der Waals surface area (Å²) < 4.78 is 16.5. The van der Waals surface area contributed by atoms with Crippen molar-refractivity contribution >= 4 is 0 Å². The highest BCUT2D eigenvalue weighted by Gasteiger charge is 2.45. The molecular weight excluding hydrogens is 381 g/mol. The molecule has 0 aliphatic carbocycles. The summed E-state index contributed by atoms with van der Waals surface area (Å²) in [4.78, 5) is 12.3. The molecule has 2 aromatic heterocycles. The molecule has 30 heavy (non-hydrogen) atoms. The number of hydrogen-bond acceptors (Lipinski definition) is 5. The molecule has 4 aromatic rings. The Kier molecular flexibility index (Phi) is 4.16. The average Bonchev–Trinajstić information content (AvgIpc) is 3.38. The summed E-state index contributed by atoms with van der Waals surface area (Å²) in [7, 11) is 0. The zero-order valence-electron chi connectivity index (χ0n) is 15.8. The zero-order valence-corrected chi connectivity index (χ0v) is 15.8. The van der Waals surface area contributed by atoms with Crippen molar-refractivity contribution in [1.82, 2.24) is 19.5 Å². The van der Waals surface area contributed by atoms with Crippen LogP contribution in [0.15, 0.2) is 73.7 Å². The molecule has 5 rings (SSSR count). The van der Waals surface area contributed by atoms with E-state index in [0.29, 0.717) is 16.8 Å². The van der Waals surface area contributed by atoms with Crippen molar-refractivity contribution in [2.75, 3.05) is 0 Å². The van der Waals surface area contributed by atoms with Crippen molar-refractivity contribution in [3.05, 3.63) is 102 Å². The van der Waals surface area contributed by atoms with Crippen molar-refractivity contribution < 1.29 is 9.50 Å². The van der Waals surface area contributed by atoms with Gasteiger partial charge in [0.15, 0.2) is 0 Å². The van der Waals surface area contributed by atoms with E-state index in [1.807, 2.05) is 30.3 Å². The Hall–Kier alpha value is -3.89. The minimum atomic E-state index is -1.34.